The number of nitrogens with one attached hydrogen (secondary N) is 3. The van der Waals surface area contributed by atoms with E-state index >= 15 is 0 Å². The van der Waals surface area contributed by atoms with E-state index in [-0.39, 0.29) is 25.2 Å². The maximum atomic E-state index is 12.8. The van der Waals surface area contributed by atoms with Gasteiger partial charge in [-0.15, -0.1) is 0 Å². The molecule has 1 aliphatic heterocycles. The molecule has 2 amide bonds. The van der Waals surface area contributed by atoms with Crippen LogP contribution in [0.15, 0.2) is 66.7 Å². The quantitative estimate of drug-likeness (QED) is 0.493. The Morgan fingerprint density at radius 2 is 1.70 bits per heavy atom. The molecule has 1 heterocycles. The molecule has 0 aromatic heterocycles. The van der Waals surface area contributed by atoms with E-state index in [0.29, 0.717) is 41.4 Å². The average Bonchev–Trinajstić information content (AvgIpc) is 3.31. The third kappa shape index (κ3) is 5.60. The minimum absolute atomic E-state index is 0.00754. The van der Waals surface area contributed by atoms with Crippen molar-refractivity contribution in [2.24, 2.45) is 0 Å². The molecule has 0 unspecified atom stereocenters. The first-order valence-corrected chi connectivity index (χ1v) is 10.4. The molecule has 0 atom stereocenters. The zero-order valence-corrected chi connectivity index (χ0v) is 17.8. The van der Waals surface area contributed by atoms with E-state index < -0.39 is 0 Å². The SMILES string of the molecule is N#CCc1ccc(NC(=O)CNc2ccccc2C(=O)NCc2ccc3c(c2)OCO3)cc1. The van der Waals surface area contributed by atoms with E-state index in [1.54, 1.807) is 48.5 Å². The van der Waals surface area contributed by atoms with Crippen molar-refractivity contribution < 1.29 is 19.1 Å². The van der Waals surface area contributed by atoms with Crippen molar-refractivity contribution >= 4 is 23.2 Å². The van der Waals surface area contributed by atoms with Crippen molar-refractivity contribution in [3.63, 3.8) is 0 Å². The molecular formula is C25H22N4O4. The first kappa shape index (κ1) is 21.7. The predicted molar refractivity (Wildman–Crippen MR) is 123 cm³/mol. The number of para-hydroxylation sites is 1. The molecule has 0 radical (unpaired) electrons. The Labute approximate surface area is 191 Å². The molecule has 3 aromatic carbocycles. The van der Waals surface area contributed by atoms with Gasteiger partial charge < -0.3 is 25.4 Å². The molecule has 4 rings (SSSR count). The highest BCUT2D eigenvalue weighted by Crippen LogP contribution is 2.32. The summed E-state index contributed by atoms with van der Waals surface area (Å²) in [6, 6.07) is 21.7. The molecule has 33 heavy (non-hydrogen) atoms. The van der Waals surface area contributed by atoms with Crippen molar-refractivity contribution in [3.8, 4) is 17.6 Å². The van der Waals surface area contributed by atoms with Gasteiger partial charge >= 0.3 is 0 Å². The minimum Gasteiger partial charge on any atom is -0.454 e. The number of benzene rings is 3. The van der Waals surface area contributed by atoms with E-state index in [0.717, 1.165) is 11.1 Å². The van der Waals surface area contributed by atoms with E-state index in [1.807, 2.05) is 18.2 Å². The van der Waals surface area contributed by atoms with Crippen LogP contribution in [-0.4, -0.2) is 25.2 Å². The van der Waals surface area contributed by atoms with Crippen molar-refractivity contribution in [3.05, 3.63) is 83.4 Å². The highest BCUT2D eigenvalue weighted by atomic mass is 16.7. The summed E-state index contributed by atoms with van der Waals surface area (Å²) in [6.45, 7) is 0.517. The number of carbonyl (C=O) groups excluding carboxylic acids is 2. The van der Waals surface area contributed by atoms with Gasteiger partial charge in [0, 0.05) is 17.9 Å². The van der Waals surface area contributed by atoms with Crippen LogP contribution < -0.4 is 25.4 Å². The molecule has 3 N–H and O–H groups in total. The summed E-state index contributed by atoms with van der Waals surface area (Å²) in [5.74, 6) is 0.841. The van der Waals surface area contributed by atoms with E-state index in [2.05, 4.69) is 22.0 Å². The van der Waals surface area contributed by atoms with E-state index in [4.69, 9.17) is 14.7 Å². The Morgan fingerprint density at radius 1 is 0.939 bits per heavy atom. The Balaban J connectivity index is 1.32. The maximum Gasteiger partial charge on any atom is 0.253 e. The predicted octanol–water partition coefficient (Wildman–Crippen LogP) is 3.46. The monoisotopic (exact) mass is 442 g/mol. The standard InChI is InChI=1S/C25H22N4O4/c26-12-11-17-5-8-19(9-6-17)29-24(30)15-27-21-4-2-1-3-20(21)25(31)28-14-18-7-10-22-23(13-18)33-16-32-22/h1-10,13,27H,11,14-16H2,(H,28,31)(H,29,30). The molecule has 0 bridgehead atoms. The molecule has 8 nitrogen and oxygen atoms in total. The third-order valence-corrected chi connectivity index (χ3v) is 5.02. The first-order chi connectivity index (χ1) is 16.1. The normalized spacial score (nSPS) is 11.4. The number of ether oxygens (including phenoxy) is 2. The lowest BCUT2D eigenvalue weighted by atomic mass is 10.1. The summed E-state index contributed by atoms with van der Waals surface area (Å²) in [5.41, 5.74) is 3.40. The number of nitrogens with zero attached hydrogens (tertiary/aromatic N) is 1. The second-order valence-electron chi connectivity index (χ2n) is 7.35. The van der Waals surface area contributed by atoms with Crippen molar-refractivity contribution in [2.45, 2.75) is 13.0 Å². The molecule has 0 aliphatic carbocycles. The zero-order valence-electron chi connectivity index (χ0n) is 17.8. The second kappa shape index (κ2) is 10.2. The van der Waals surface area contributed by atoms with Crippen molar-refractivity contribution in [1.82, 2.24) is 5.32 Å². The van der Waals surface area contributed by atoms with Crippen LogP contribution in [0.5, 0.6) is 11.5 Å². The van der Waals surface area contributed by atoms with Crippen LogP contribution >= 0.6 is 0 Å². The fraction of sp³-hybridized carbons (Fsp3) is 0.160. The fourth-order valence-corrected chi connectivity index (χ4v) is 3.34. The summed E-state index contributed by atoms with van der Waals surface area (Å²) < 4.78 is 10.7. The summed E-state index contributed by atoms with van der Waals surface area (Å²) in [5, 5.41) is 17.4. The van der Waals surface area contributed by atoms with E-state index in [9.17, 15) is 9.59 Å². The molecule has 8 heteroatoms. The molecule has 0 saturated heterocycles. The lowest BCUT2D eigenvalue weighted by Crippen LogP contribution is -2.26. The molecule has 1 aliphatic rings. The molecule has 0 fully saturated rings. The van der Waals surface area contributed by atoms with Gasteiger partial charge in [0.25, 0.3) is 5.91 Å². The van der Waals surface area contributed by atoms with Crippen molar-refractivity contribution in [1.29, 1.82) is 5.26 Å². The second-order valence-corrected chi connectivity index (χ2v) is 7.35. The smallest absolute Gasteiger partial charge is 0.253 e. The molecule has 166 valence electrons. The van der Waals surface area contributed by atoms with Crippen LogP contribution in [0.2, 0.25) is 0 Å². The molecule has 0 spiro atoms. The first-order valence-electron chi connectivity index (χ1n) is 10.4. The number of carbonyl (C=O) groups is 2. The summed E-state index contributed by atoms with van der Waals surface area (Å²) in [4.78, 5) is 25.1. The van der Waals surface area contributed by atoms with Gasteiger partial charge in [-0.05, 0) is 47.5 Å². The topological polar surface area (TPSA) is 112 Å². The fourth-order valence-electron chi connectivity index (χ4n) is 3.34. The Morgan fingerprint density at radius 3 is 2.52 bits per heavy atom. The van der Waals surface area contributed by atoms with Gasteiger partial charge in [0.05, 0.1) is 24.6 Å². The van der Waals surface area contributed by atoms with Crippen LogP contribution in [0.3, 0.4) is 0 Å². The lowest BCUT2D eigenvalue weighted by molar-refractivity contribution is -0.114. The Bertz CT molecular complexity index is 1200. The van der Waals surface area contributed by atoms with Gasteiger partial charge in [-0.1, -0.05) is 30.3 Å². The number of rotatable bonds is 8. The lowest BCUT2D eigenvalue weighted by Gasteiger charge is -2.13. The molecule has 3 aromatic rings. The van der Waals surface area contributed by atoms with Crippen LogP contribution in [0.4, 0.5) is 11.4 Å². The van der Waals surface area contributed by atoms with Gasteiger partial charge in [-0.3, -0.25) is 9.59 Å². The van der Waals surface area contributed by atoms with Gasteiger partial charge in [0.1, 0.15) is 0 Å². The van der Waals surface area contributed by atoms with Gasteiger partial charge in [-0.2, -0.15) is 5.26 Å². The number of amides is 2. The minimum atomic E-state index is -0.260. The van der Waals surface area contributed by atoms with Gasteiger partial charge in [-0.25, -0.2) is 0 Å². The highest BCUT2D eigenvalue weighted by Gasteiger charge is 2.15. The zero-order chi connectivity index (χ0) is 23.0. The molecular weight excluding hydrogens is 420 g/mol. The number of hydrogen-bond acceptors (Lipinski definition) is 6. The summed E-state index contributed by atoms with van der Waals surface area (Å²) in [6.07, 6.45) is 0.323. The van der Waals surface area contributed by atoms with Crippen LogP contribution in [0, 0.1) is 11.3 Å². The van der Waals surface area contributed by atoms with E-state index in [1.165, 1.54) is 0 Å². The molecule has 0 saturated carbocycles. The number of anilines is 2. The third-order valence-electron chi connectivity index (χ3n) is 5.02. The Hall–Kier alpha value is -4.51. The van der Waals surface area contributed by atoms with Gasteiger partial charge in [0.2, 0.25) is 12.7 Å². The van der Waals surface area contributed by atoms with Gasteiger partial charge in [0.15, 0.2) is 11.5 Å². The Kier molecular flexibility index (Phi) is 6.71. The average molecular weight is 442 g/mol. The van der Waals surface area contributed by atoms with Crippen LogP contribution in [0.1, 0.15) is 21.5 Å². The van der Waals surface area contributed by atoms with Crippen molar-refractivity contribution in [2.75, 3.05) is 24.0 Å². The number of hydrogen-bond donors (Lipinski definition) is 3. The largest absolute Gasteiger partial charge is 0.454 e. The maximum absolute atomic E-state index is 12.8. The summed E-state index contributed by atoms with van der Waals surface area (Å²) >= 11 is 0. The number of nitriles is 1. The van der Waals surface area contributed by atoms with Crippen LogP contribution in [0.25, 0.3) is 0 Å². The van der Waals surface area contributed by atoms with Crippen LogP contribution in [-0.2, 0) is 17.8 Å². The summed E-state index contributed by atoms with van der Waals surface area (Å²) in [7, 11) is 0. The number of fused-ring (bicyclic) bond motifs is 1. The highest BCUT2D eigenvalue weighted by molar-refractivity contribution is 6.00.